The first-order valence-electron chi connectivity index (χ1n) is 6.56. The molecule has 0 heterocycles. The van der Waals surface area contributed by atoms with Crippen molar-refractivity contribution in [3.8, 4) is 0 Å². The average molecular weight is 215 g/mol. The van der Waals surface area contributed by atoms with E-state index in [0.29, 0.717) is 11.3 Å². The quantitative estimate of drug-likeness (QED) is 0.764. The Hall–Kier alpha value is -0.820. The van der Waals surface area contributed by atoms with Crippen LogP contribution in [0.15, 0.2) is 18.2 Å². The Labute approximate surface area is 98.0 Å². The van der Waals surface area contributed by atoms with Crippen molar-refractivity contribution in [2.75, 3.05) is 6.54 Å². The van der Waals surface area contributed by atoms with Gasteiger partial charge in [0.25, 0.3) is 0 Å². The molecule has 1 nitrogen and oxygen atoms in total. The number of aryl methyl sites for hydroxylation is 1. The smallest absolute Gasteiger partial charge is 0.000780 e. The van der Waals surface area contributed by atoms with Gasteiger partial charge in [-0.15, -0.1) is 0 Å². The van der Waals surface area contributed by atoms with Crippen molar-refractivity contribution in [1.82, 2.24) is 0 Å². The predicted molar refractivity (Wildman–Crippen MR) is 67.7 cm³/mol. The molecule has 86 valence electrons. The highest BCUT2D eigenvalue weighted by Crippen LogP contribution is 2.54. The summed E-state index contributed by atoms with van der Waals surface area (Å²) in [5, 5.41) is 0. The summed E-state index contributed by atoms with van der Waals surface area (Å²) in [6.07, 6.45) is 6.90. The minimum absolute atomic E-state index is 0.507. The molecule has 1 heteroatoms. The standard InChI is InChI=1S/C15H21N/c1-11-4-5-14-13(8-11)12(10-16)9-15(14)6-2-3-7-15/h4-5,8,12H,2-3,6-7,9-10,16H2,1H3. The Morgan fingerprint density at radius 1 is 1.31 bits per heavy atom. The number of hydrogen-bond donors (Lipinski definition) is 1. The number of hydrogen-bond acceptors (Lipinski definition) is 1. The molecular weight excluding hydrogens is 194 g/mol. The van der Waals surface area contributed by atoms with E-state index in [0.717, 1.165) is 6.54 Å². The molecule has 1 aromatic rings. The van der Waals surface area contributed by atoms with E-state index in [-0.39, 0.29) is 0 Å². The van der Waals surface area contributed by atoms with E-state index in [4.69, 9.17) is 5.73 Å². The highest BCUT2D eigenvalue weighted by Gasteiger charge is 2.44. The second-order valence-corrected chi connectivity index (χ2v) is 5.71. The van der Waals surface area contributed by atoms with Crippen LogP contribution in [-0.2, 0) is 5.41 Å². The summed E-state index contributed by atoms with van der Waals surface area (Å²) in [5.74, 6) is 0.619. The van der Waals surface area contributed by atoms with Crippen LogP contribution < -0.4 is 5.73 Å². The minimum atomic E-state index is 0.507. The molecule has 2 aliphatic carbocycles. The number of benzene rings is 1. The minimum Gasteiger partial charge on any atom is -0.330 e. The Bertz CT molecular complexity index is 402. The van der Waals surface area contributed by atoms with Crippen molar-refractivity contribution in [1.29, 1.82) is 0 Å². The molecule has 1 saturated carbocycles. The molecule has 1 aromatic carbocycles. The lowest BCUT2D eigenvalue weighted by Crippen LogP contribution is -2.19. The Kier molecular flexibility index (Phi) is 2.32. The molecular formula is C15H21N. The zero-order valence-corrected chi connectivity index (χ0v) is 10.1. The van der Waals surface area contributed by atoms with Gasteiger partial charge in [-0.2, -0.15) is 0 Å². The molecule has 1 atom stereocenters. The summed E-state index contributed by atoms with van der Waals surface area (Å²) in [6.45, 7) is 3.01. The molecule has 0 aliphatic heterocycles. The fourth-order valence-electron chi connectivity index (χ4n) is 3.93. The molecule has 0 saturated heterocycles. The highest BCUT2D eigenvalue weighted by molar-refractivity contribution is 5.45. The largest absolute Gasteiger partial charge is 0.330 e. The highest BCUT2D eigenvalue weighted by atomic mass is 14.6. The second-order valence-electron chi connectivity index (χ2n) is 5.71. The van der Waals surface area contributed by atoms with E-state index in [1.807, 2.05) is 0 Å². The van der Waals surface area contributed by atoms with Crippen LogP contribution in [0.4, 0.5) is 0 Å². The summed E-state index contributed by atoms with van der Waals surface area (Å²) < 4.78 is 0. The molecule has 16 heavy (non-hydrogen) atoms. The fraction of sp³-hybridized carbons (Fsp3) is 0.600. The van der Waals surface area contributed by atoms with Crippen molar-refractivity contribution in [3.63, 3.8) is 0 Å². The first-order valence-corrected chi connectivity index (χ1v) is 6.56. The molecule has 1 spiro atoms. The lowest BCUT2D eigenvalue weighted by Gasteiger charge is -2.24. The average Bonchev–Trinajstić information content (AvgIpc) is 2.86. The van der Waals surface area contributed by atoms with Gasteiger partial charge in [-0.25, -0.2) is 0 Å². The van der Waals surface area contributed by atoms with Gasteiger partial charge in [-0.05, 0) is 55.2 Å². The maximum absolute atomic E-state index is 5.95. The third-order valence-corrected chi connectivity index (χ3v) is 4.70. The summed E-state index contributed by atoms with van der Waals surface area (Å²) in [7, 11) is 0. The van der Waals surface area contributed by atoms with Crippen LogP contribution in [0, 0.1) is 6.92 Å². The van der Waals surface area contributed by atoms with Crippen molar-refractivity contribution in [3.05, 3.63) is 34.9 Å². The van der Waals surface area contributed by atoms with Crippen molar-refractivity contribution >= 4 is 0 Å². The van der Waals surface area contributed by atoms with Crippen LogP contribution in [0.2, 0.25) is 0 Å². The van der Waals surface area contributed by atoms with Crippen molar-refractivity contribution < 1.29 is 0 Å². The lowest BCUT2D eigenvalue weighted by molar-refractivity contribution is 0.410. The summed E-state index contributed by atoms with van der Waals surface area (Å²) in [6, 6.07) is 7.03. The number of fused-ring (bicyclic) bond motifs is 2. The fourth-order valence-corrected chi connectivity index (χ4v) is 3.93. The molecule has 0 aromatic heterocycles. The lowest BCUT2D eigenvalue weighted by atomic mass is 9.80. The third kappa shape index (κ3) is 1.34. The molecule has 0 amide bonds. The molecule has 0 radical (unpaired) electrons. The maximum Gasteiger partial charge on any atom is -0.000780 e. The van der Waals surface area contributed by atoms with Crippen LogP contribution in [-0.4, -0.2) is 6.54 Å². The molecule has 1 fully saturated rings. The van der Waals surface area contributed by atoms with E-state index in [1.165, 1.54) is 37.7 Å². The number of rotatable bonds is 1. The van der Waals surface area contributed by atoms with Crippen molar-refractivity contribution in [2.45, 2.75) is 50.4 Å². The predicted octanol–water partition coefficient (Wildman–Crippen LogP) is 3.25. The van der Waals surface area contributed by atoms with Gasteiger partial charge >= 0.3 is 0 Å². The number of nitrogens with two attached hydrogens (primary N) is 1. The van der Waals surface area contributed by atoms with Crippen molar-refractivity contribution in [2.24, 2.45) is 5.73 Å². The summed E-state index contributed by atoms with van der Waals surface area (Å²) in [4.78, 5) is 0. The third-order valence-electron chi connectivity index (χ3n) is 4.70. The van der Waals surface area contributed by atoms with E-state index >= 15 is 0 Å². The first-order chi connectivity index (χ1) is 7.75. The van der Waals surface area contributed by atoms with E-state index in [1.54, 1.807) is 11.1 Å². The summed E-state index contributed by atoms with van der Waals surface area (Å²) in [5.41, 5.74) is 11.0. The van der Waals surface area contributed by atoms with Crippen LogP contribution in [0.3, 0.4) is 0 Å². The second kappa shape index (κ2) is 3.59. The van der Waals surface area contributed by atoms with Gasteiger partial charge < -0.3 is 5.73 Å². The topological polar surface area (TPSA) is 26.0 Å². The van der Waals surface area contributed by atoms with E-state index in [2.05, 4.69) is 25.1 Å². The molecule has 3 rings (SSSR count). The monoisotopic (exact) mass is 215 g/mol. The molecule has 0 bridgehead atoms. The zero-order valence-electron chi connectivity index (χ0n) is 10.1. The van der Waals surface area contributed by atoms with Crippen LogP contribution in [0.5, 0.6) is 0 Å². The first kappa shape index (κ1) is 10.3. The van der Waals surface area contributed by atoms with Gasteiger partial charge in [-0.1, -0.05) is 36.6 Å². The van der Waals surface area contributed by atoms with Gasteiger partial charge in [0.15, 0.2) is 0 Å². The molecule has 2 N–H and O–H groups in total. The zero-order chi connectivity index (χ0) is 11.2. The Morgan fingerprint density at radius 3 is 2.75 bits per heavy atom. The SMILES string of the molecule is Cc1ccc2c(c1)C(CN)CC21CCCC1. The van der Waals surface area contributed by atoms with E-state index in [9.17, 15) is 0 Å². The Morgan fingerprint density at radius 2 is 2.06 bits per heavy atom. The van der Waals surface area contributed by atoms with Crippen LogP contribution in [0.25, 0.3) is 0 Å². The van der Waals surface area contributed by atoms with E-state index < -0.39 is 0 Å². The van der Waals surface area contributed by atoms with Crippen LogP contribution >= 0.6 is 0 Å². The Balaban J connectivity index is 2.10. The van der Waals surface area contributed by atoms with Gasteiger partial charge in [0, 0.05) is 0 Å². The van der Waals surface area contributed by atoms with Gasteiger partial charge in [0.05, 0.1) is 0 Å². The molecule has 2 aliphatic rings. The maximum atomic E-state index is 5.95. The summed E-state index contributed by atoms with van der Waals surface area (Å²) >= 11 is 0. The molecule has 1 unspecified atom stereocenters. The van der Waals surface area contributed by atoms with Gasteiger partial charge in [-0.3, -0.25) is 0 Å². The van der Waals surface area contributed by atoms with Crippen LogP contribution in [0.1, 0.15) is 54.7 Å². The van der Waals surface area contributed by atoms with Gasteiger partial charge in [0.2, 0.25) is 0 Å². The normalized spacial score (nSPS) is 26.2. The van der Waals surface area contributed by atoms with Gasteiger partial charge in [0.1, 0.15) is 0 Å².